The lowest BCUT2D eigenvalue weighted by Crippen LogP contribution is -2.60. The summed E-state index contributed by atoms with van der Waals surface area (Å²) in [5.41, 5.74) is 0.875. The highest BCUT2D eigenvalue weighted by atomic mass is 32.2. The first kappa shape index (κ1) is 22.6. The summed E-state index contributed by atoms with van der Waals surface area (Å²) < 4.78 is 67.8. The third-order valence-electron chi connectivity index (χ3n) is 5.02. The maximum atomic E-state index is 12.3. The summed E-state index contributed by atoms with van der Waals surface area (Å²) >= 11 is 0. The fraction of sp³-hybridized carbons (Fsp3) is 0.650. The van der Waals surface area contributed by atoms with Crippen LogP contribution < -0.4 is 0 Å². The first-order chi connectivity index (χ1) is 14.5. The van der Waals surface area contributed by atoms with Crippen molar-refractivity contribution in [2.75, 3.05) is 13.2 Å². The van der Waals surface area contributed by atoms with E-state index in [0.29, 0.717) is 0 Å². The predicted molar refractivity (Wildman–Crippen MR) is 107 cm³/mol. The van der Waals surface area contributed by atoms with Crippen LogP contribution in [0, 0.1) is 0 Å². The summed E-state index contributed by atoms with van der Waals surface area (Å²) in [6.07, 6.45) is -0.792. The Balaban J connectivity index is 1.40. The standard InChI is InChI=1S/C20H27NO9S/c1-18(2)27-15-11-25-20(17(16(15)28-18)29-19(3,4)30-20)12-26-31(22,23)21-13-24-10-14-8-6-5-7-9-14/h5-9,13,15-17H,10-12H2,1-4H3/t15-,16-,17+,20+/m1/s1. The zero-order valence-electron chi connectivity index (χ0n) is 17.8. The second kappa shape index (κ2) is 8.07. The summed E-state index contributed by atoms with van der Waals surface area (Å²) in [4.78, 5) is 0. The maximum absolute atomic E-state index is 12.3. The zero-order chi connectivity index (χ0) is 22.3. The molecule has 0 amide bonds. The van der Waals surface area contributed by atoms with Gasteiger partial charge in [0.2, 0.25) is 5.79 Å². The molecule has 4 rings (SSSR count). The van der Waals surface area contributed by atoms with Crippen LogP contribution in [0.4, 0.5) is 0 Å². The van der Waals surface area contributed by atoms with Gasteiger partial charge in [-0.2, -0.15) is 8.42 Å². The normalized spacial score (nSPS) is 33.9. The van der Waals surface area contributed by atoms with Crippen LogP contribution in [0.1, 0.15) is 33.3 Å². The van der Waals surface area contributed by atoms with Crippen molar-refractivity contribution < 1.29 is 41.0 Å². The SMILES string of the molecule is CC1(C)O[C@@H]2[C@@H](CO[C@@]3(COS(=O)(=O)N=COCc4ccccc4)OC(C)(C)O[C@@H]23)O1. The predicted octanol–water partition coefficient (Wildman–Crippen LogP) is 1.89. The molecule has 11 heteroatoms. The lowest BCUT2D eigenvalue weighted by Gasteiger charge is -2.40. The molecule has 1 aromatic rings. The van der Waals surface area contributed by atoms with Crippen molar-refractivity contribution in [3.05, 3.63) is 35.9 Å². The summed E-state index contributed by atoms with van der Waals surface area (Å²) in [5, 5.41) is 0. The molecule has 10 nitrogen and oxygen atoms in total. The number of hydrogen-bond acceptors (Lipinski definition) is 9. The van der Waals surface area contributed by atoms with E-state index < -0.39 is 46.5 Å². The van der Waals surface area contributed by atoms with Crippen molar-refractivity contribution >= 4 is 16.7 Å². The van der Waals surface area contributed by atoms with Crippen LogP contribution in [-0.4, -0.2) is 63.7 Å². The van der Waals surface area contributed by atoms with Crippen LogP contribution in [0.5, 0.6) is 0 Å². The Labute approximate surface area is 181 Å². The summed E-state index contributed by atoms with van der Waals surface area (Å²) in [7, 11) is -4.30. The van der Waals surface area contributed by atoms with Gasteiger partial charge in [-0.05, 0) is 33.3 Å². The molecule has 3 aliphatic rings. The number of hydrogen-bond donors (Lipinski definition) is 0. The highest BCUT2D eigenvalue weighted by Crippen LogP contribution is 2.47. The minimum absolute atomic E-state index is 0.136. The van der Waals surface area contributed by atoms with Crippen LogP contribution in [0.2, 0.25) is 0 Å². The van der Waals surface area contributed by atoms with E-state index in [1.54, 1.807) is 27.7 Å². The van der Waals surface area contributed by atoms with Crippen LogP contribution in [0.25, 0.3) is 0 Å². The fourth-order valence-electron chi connectivity index (χ4n) is 3.93. The van der Waals surface area contributed by atoms with Crippen molar-refractivity contribution in [1.29, 1.82) is 0 Å². The van der Waals surface area contributed by atoms with E-state index in [4.69, 9.17) is 32.6 Å². The van der Waals surface area contributed by atoms with E-state index in [0.717, 1.165) is 12.0 Å². The lowest BCUT2D eigenvalue weighted by molar-refractivity contribution is -0.290. The molecule has 0 radical (unpaired) electrons. The van der Waals surface area contributed by atoms with Crippen molar-refractivity contribution in [2.45, 2.75) is 70.0 Å². The Hall–Kier alpha value is -1.60. The van der Waals surface area contributed by atoms with E-state index in [1.807, 2.05) is 30.3 Å². The van der Waals surface area contributed by atoms with Crippen LogP contribution in [0.15, 0.2) is 34.7 Å². The van der Waals surface area contributed by atoms with E-state index in [-0.39, 0.29) is 19.3 Å². The molecular weight excluding hydrogens is 430 g/mol. The average Bonchev–Trinajstić information content (AvgIpc) is 3.16. The van der Waals surface area contributed by atoms with Crippen LogP contribution in [-0.2, 0) is 49.5 Å². The number of nitrogens with zero attached hydrogens (tertiary/aromatic N) is 1. The number of rotatable bonds is 7. The average molecular weight is 458 g/mol. The second-order valence-electron chi connectivity index (χ2n) is 8.50. The van der Waals surface area contributed by atoms with E-state index in [2.05, 4.69) is 4.40 Å². The van der Waals surface area contributed by atoms with Gasteiger partial charge in [0.25, 0.3) is 0 Å². The van der Waals surface area contributed by atoms with E-state index in [1.165, 1.54) is 0 Å². The first-order valence-electron chi connectivity index (χ1n) is 9.96. The van der Waals surface area contributed by atoms with Gasteiger partial charge in [0.1, 0.15) is 31.5 Å². The molecule has 31 heavy (non-hydrogen) atoms. The molecule has 3 saturated heterocycles. The van der Waals surface area contributed by atoms with Crippen LogP contribution >= 0.6 is 0 Å². The molecule has 1 aromatic carbocycles. The third kappa shape index (κ3) is 5.08. The molecule has 4 atom stereocenters. The smallest absolute Gasteiger partial charge is 0.383 e. The van der Waals surface area contributed by atoms with Gasteiger partial charge >= 0.3 is 10.3 Å². The third-order valence-corrected chi connectivity index (χ3v) is 5.78. The van der Waals surface area contributed by atoms with Crippen molar-refractivity contribution in [3.8, 4) is 0 Å². The minimum atomic E-state index is -4.30. The Bertz CT molecular complexity index is 918. The Morgan fingerprint density at radius 1 is 1.10 bits per heavy atom. The summed E-state index contributed by atoms with van der Waals surface area (Å²) in [5.74, 6) is -3.34. The van der Waals surface area contributed by atoms with E-state index in [9.17, 15) is 8.42 Å². The lowest BCUT2D eigenvalue weighted by atomic mass is 9.98. The monoisotopic (exact) mass is 457 g/mol. The molecule has 0 N–H and O–H groups in total. The van der Waals surface area contributed by atoms with Gasteiger partial charge < -0.3 is 28.4 Å². The quantitative estimate of drug-likeness (QED) is 0.448. The van der Waals surface area contributed by atoms with E-state index >= 15 is 0 Å². The summed E-state index contributed by atoms with van der Waals surface area (Å²) in [6, 6.07) is 9.27. The minimum Gasteiger partial charge on any atom is -0.478 e. The molecule has 0 unspecified atom stereocenters. The molecule has 0 bridgehead atoms. The molecule has 0 aromatic heterocycles. The largest absolute Gasteiger partial charge is 0.478 e. The molecule has 0 saturated carbocycles. The molecule has 3 fully saturated rings. The maximum Gasteiger partial charge on any atom is 0.383 e. The number of benzene rings is 1. The van der Waals surface area contributed by atoms with Gasteiger partial charge in [0.05, 0.1) is 6.61 Å². The summed E-state index contributed by atoms with van der Waals surface area (Å²) in [6.45, 7) is 6.84. The van der Waals surface area contributed by atoms with Gasteiger partial charge in [-0.3, -0.25) is 0 Å². The molecule has 3 aliphatic heterocycles. The topological polar surface area (TPSA) is 111 Å². The van der Waals surface area contributed by atoms with Gasteiger partial charge in [-0.25, -0.2) is 4.18 Å². The molecule has 0 aliphatic carbocycles. The number of ether oxygens (including phenoxy) is 6. The Morgan fingerprint density at radius 3 is 2.58 bits per heavy atom. The van der Waals surface area contributed by atoms with Crippen molar-refractivity contribution in [2.24, 2.45) is 4.40 Å². The highest BCUT2D eigenvalue weighted by molar-refractivity contribution is 7.85. The number of fused-ring (bicyclic) bond motifs is 3. The Morgan fingerprint density at radius 2 is 1.84 bits per heavy atom. The molecular formula is C20H27NO9S. The molecule has 0 spiro atoms. The van der Waals surface area contributed by atoms with Gasteiger partial charge in [-0.15, -0.1) is 4.40 Å². The van der Waals surface area contributed by atoms with Crippen LogP contribution in [0.3, 0.4) is 0 Å². The highest BCUT2D eigenvalue weighted by Gasteiger charge is 2.65. The van der Waals surface area contributed by atoms with Gasteiger partial charge in [-0.1, -0.05) is 30.3 Å². The van der Waals surface area contributed by atoms with Crippen molar-refractivity contribution in [1.82, 2.24) is 0 Å². The second-order valence-corrected chi connectivity index (χ2v) is 9.80. The van der Waals surface area contributed by atoms with Crippen molar-refractivity contribution in [3.63, 3.8) is 0 Å². The van der Waals surface area contributed by atoms with Gasteiger partial charge in [0, 0.05) is 0 Å². The first-order valence-corrected chi connectivity index (χ1v) is 11.3. The molecule has 172 valence electrons. The fourth-order valence-corrected chi connectivity index (χ4v) is 4.47. The van der Waals surface area contributed by atoms with Gasteiger partial charge in [0.15, 0.2) is 18.0 Å². The Kier molecular flexibility index (Phi) is 5.88. The molecule has 3 heterocycles. The zero-order valence-corrected chi connectivity index (χ0v) is 18.7.